The summed E-state index contributed by atoms with van der Waals surface area (Å²) in [6.07, 6.45) is -5.07. The van der Waals surface area contributed by atoms with Gasteiger partial charge in [-0.15, -0.1) is 0 Å². The standard InChI is InChI=1S/C15H13ClF3N3O2/c1-7-10(14(24)21-8(2)20-7)6-13(23)22-12-4-3-9(16)5-11(12)15(17,18)19/h3-5H,6H2,1-2H3,(H,22,23)(H,20,21,24). The third-order valence-corrected chi connectivity index (χ3v) is 3.47. The third-order valence-electron chi connectivity index (χ3n) is 3.24. The van der Waals surface area contributed by atoms with E-state index in [0.717, 1.165) is 12.1 Å². The van der Waals surface area contributed by atoms with E-state index in [9.17, 15) is 22.8 Å². The Morgan fingerprint density at radius 3 is 2.58 bits per heavy atom. The zero-order valence-corrected chi connectivity index (χ0v) is 13.5. The number of aromatic amines is 1. The van der Waals surface area contributed by atoms with Gasteiger partial charge in [-0.25, -0.2) is 4.98 Å². The van der Waals surface area contributed by atoms with Crippen LogP contribution in [0.3, 0.4) is 0 Å². The minimum absolute atomic E-state index is 0.0978. The number of rotatable bonds is 3. The molecule has 0 bridgehead atoms. The molecule has 0 aliphatic rings. The molecule has 2 rings (SSSR count). The monoisotopic (exact) mass is 359 g/mol. The van der Waals surface area contributed by atoms with Crippen molar-refractivity contribution >= 4 is 23.2 Å². The molecule has 0 fully saturated rings. The molecule has 0 spiro atoms. The maximum Gasteiger partial charge on any atom is 0.418 e. The fourth-order valence-corrected chi connectivity index (χ4v) is 2.35. The largest absolute Gasteiger partial charge is 0.418 e. The van der Waals surface area contributed by atoms with Gasteiger partial charge in [0.15, 0.2) is 0 Å². The fourth-order valence-electron chi connectivity index (χ4n) is 2.17. The highest BCUT2D eigenvalue weighted by Gasteiger charge is 2.34. The van der Waals surface area contributed by atoms with Crippen molar-refractivity contribution in [2.75, 3.05) is 5.32 Å². The average Bonchev–Trinajstić information content (AvgIpc) is 2.43. The van der Waals surface area contributed by atoms with Crippen LogP contribution in [-0.2, 0) is 17.4 Å². The number of nitrogens with zero attached hydrogens (tertiary/aromatic N) is 1. The number of hydrogen-bond donors (Lipinski definition) is 2. The molecule has 2 aromatic rings. The Bertz CT molecular complexity index is 847. The van der Waals surface area contributed by atoms with Crippen molar-refractivity contribution in [3.63, 3.8) is 0 Å². The summed E-state index contributed by atoms with van der Waals surface area (Å²) in [5.74, 6) is -0.374. The second-order valence-corrected chi connectivity index (χ2v) is 5.56. The molecule has 0 saturated carbocycles. The second-order valence-electron chi connectivity index (χ2n) is 5.13. The number of carbonyl (C=O) groups excluding carboxylic acids is 1. The Balaban J connectivity index is 2.27. The van der Waals surface area contributed by atoms with Crippen molar-refractivity contribution in [3.8, 4) is 0 Å². The van der Waals surface area contributed by atoms with Gasteiger partial charge in [0, 0.05) is 16.3 Å². The van der Waals surface area contributed by atoms with Gasteiger partial charge >= 0.3 is 6.18 Å². The summed E-state index contributed by atoms with van der Waals surface area (Å²) < 4.78 is 39.0. The maximum atomic E-state index is 13.0. The number of hydrogen-bond acceptors (Lipinski definition) is 3. The number of amides is 1. The minimum Gasteiger partial charge on any atom is -0.325 e. The summed E-state index contributed by atoms with van der Waals surface area (Å²) in [6.45, 7) is 3.13. The van der Waals surface area contributed by atoms with E-state index in [4.69, 9.17) is 11.6 Å². The van der Waals surface area contributed by atoms with Gasteiger partial charge in [-0.05, 0) is 32.0 Å². The molecule has 1 aromatic carbocycles. The number of carbonyl (C=O) groups is 1. The molecule has 0 atom stereocenters. The number of H-pyrrole nitrogens is 1. The lowest BCUT2D eigenvalue weighted by molar-refractivity contribution is -0.137. The molecule has 0 saturated heterocycles. The Morgan fingerprint density at radius 2 is 2.00 bits per heavy atom. The van der Waals surface area contributed by atoms with Crippen molar-refractivity contribution in [1.82, 2.24) is 9.97 Å². The summed E-state index contributed by atoms with van der Waals surface area (Å²) in [6, 6.07) is 3.02. The number of halogens is 4. The number of aromatic nitrogens is 2. The molecule has 2 N–H and O–H groups in total. The summed E-state index contributed by atoms with van der Waals surface area (Å²) in [5, 5.41) is 2.06. The highest BCUT2D eigenvalue weighted by molar-refractivity contribution is 6.30. The molecule has 1 amide bonds. The topological polar surface area (TPSA) is 74.8 Å². The quantitative estimate of drug-likeness (QED) is 0.883. The summed E-state index contributed by atoms with van der Waals surface area (Å²) in [7, 11) is 0. The van der Waals surface area contributed by atoms with Crippen LogP contribution in [0.4, 0.5) is 18.9 Å². The molecule has 24 heavy (non-hydrogen) atoms. The Morgan fingerprint density at radius 1 is 1.33 bits per heavy atom. The van der Waals surface area contributed by atoms with Crippen LogP contribution >= 0.6 is 11.6 Å². The van der Waals surface area contributed by atoms with E-state index in [1.165, 1.54) is 6.07 Å². The summed E-state index contributed by atoms with van der Waals surface area (Å²) in [4.78, 5) is 30.4. The lowest BCUT2D eigenvalue weighted by Crippen LogP contribution is -2.25. The first-order valence-electron chi connectivity index (χ1n) is 6.81. The van der Waals surface area contributed by atoms with Crippen LogP contribution < -0.4 is 10.9 Å². The van der Waals surface area contributed by atoms with E-state index in [2.05, 4.69) is 15.3 Å². The first kappa shape index (κ1) is 18.0. The van der Waals surface area contributed by atoms with Crippen molar-refractivity contribution in [2.45, 2.75) is 26.4 Å². The zero-order chi connectivity index (χ0) is 18.1. The molecule has 0 aliphatic carbocycles. The van der Waals surface area contributed by atoms with E-state index in [1.807, 2.05) is 0 Å². The van der Waals surface area contributed by atoms with Gasteiger partial charge in [-0.3, -0.25) is 9.59 Å². The molecular formula is C15H13ClF3N3O2. The van der Waals surface area contributed by atoms with Crippen LogP contribution in [-0.4, -0.2) is 15.9 Å². The number of aryl methyl sites for hydroxylation is 2. The summed E-state index contributed by atoms with van der Waals surface area (Å²) >= 11 is 5.58. The molecule has 1 heterocycles. The van der Waals surface area contributed by atoms with Crippen molar-refractivity contribution in [2.24, 2.45) is 0 Å². The van der Waals surface area contributed by atoms with Gasteiger partial charge in [0.1, 0.15) is 5.82 Å². The third kappa shape index (κ3) is 4.14. The van der Waals surface area contributed by atoms with E-state index in [1.54, 1.807) is 13.8 Å². The van der Waals surface area contributed by atoms with Gasteiger partial charge in [0.2, 0.25) is 5.91 Å². The van der Waals surface area contributed by atoms with Crippen LogP contribution in [0.1, 0.15) is 22.6 Å². The van der Waals surface area contributed by atoms with Gasteiger partial charge < -0.3 is 10.3 Å². The molecule has 0 radical (unpaired) electrons. The van der Waals surface area contributed by atoms with Crippen molar-refractivity contribution in [1.29, 1.82) is 0 Å². The van der Waals surface area contributed by atoms with E-state index in [0.29, 0.717) is 11.5 Å². The second kappa shape index (κ2) is 6.64. The SMILES string of the molecule is Cc1nc(C)c(CC(=O)Nc2ccc(Cl)cc2C(F)(F)F)c(=O)[nH]1. The van der Waals surface area contributed by atoms with Crippen LogP contribution in [0.15, 0.2) is 23.0 Å². The molecule has 1 aromatic heterocycles. The number of alkyl halides is 3. The number of anilines is 1. The molecular weight excluding hydrogens is 347 g/mol. The van der Waals surface area contributed by atoms with Gasteiger partial charge in [0.25, 0.3) is 5.56 Å². The maximum absolute atomic E-state index is 13.0. The predicted octanol–water partition coefficient (Wildman–Crippen LogP) is 3.24. The molecule has 0 aliphatic heterocycles. The van der Waals surface area contributed by atoms with Crippen LogP contribution in [0.25, 0.3) is 0 Å². The highest BCUT2D eigenvalue weighted by atomic mass is 35.5. The summed E-state index contributed by atoms with van der Waals surface area (Å²) in [5.41, 5.74) is -1.54. The zero-order valence-electron chi connectivity index (χ0n) is 12.7. The number of benzene rings is 1. The first-order valence-corrected chi connectivity index (χ1v) is 7.18. The molecule has 128 valence electrons. The fraction of sp³-hybridized carbons (Fsp3) is 0.267. The van der Waals surface area contributed by atoms with Gasteiger partial charge in [-0.1, -0.05) is 11.6 Å². The van der Waals surface area contributed by atoms with Gasteiger partial charge in [-0.2, -0.15) is 13.2 Å². The number of nitrogens with one attached hydrogen (secondary N) is 2. The van der Waals surface area contributed by atoms with E-state index >= 15 is 0 Å². The average molecular weight is 360 g/mol. The smallest absolute Gasteiger partial charge is 0.325 e. The van der Waals surface area contributed by atoms with Crippen LogP contribution in [0.5, 0.6) is 0 Å². The van der Waals surface area contributed by atoms with Crippen LogP contribution in [0.2, 0.25) is 5.02 Å². The van der Waals surface area contributed by atoms with E-state index < -0.39 is 35.3 Å². The van der Waals surface area contributed by atoms with Crippen molar-refractivity contribution < 1.29 is 18.0 Å². The Hall–Kier alpha value is -2.35. The Labute approximate surface area is 139 Å². The lowest BCUT2D eigenvalue weighted by Gasteiger charge is -2.14. The first-order chi connectivity index (χ1) is 11.1. The van der Waals surface area contributed by atoms with Crippen LogP contribution in [0, 0.1) is 13.8 Å². The molecule has 9 heteroatoms. The normalized spacial score (nSPS) is 11.4. The predicted molar refractivity (Wildman–Crippen MR) is 83.1 cm³/mol. The molecule has 0 unspecified atom stereocenters. The Kier molecular flexibility index (Phi) is 4.98. The highest BCUT2D eigenvalue weighted by Crippen LogP contribution is 2.36. The minimum atomic E-state index is -4.67. The lowest BCUT2D eigenvalue weighted by atomic mass is 10.1. The van der Waals surface area contributed by atoms with Crippen molar-refractivity contribution in [3.05, 3.63) is 56.2 Å². The molecule has 5 nitrogen and oxygen atoms in total. The van der Waals surface area contributed by atoms with Gasteiger partial charge in [0.05, 0.1) is 17.7 Å². The van der Waals surface area contributed by atoms with E-state index in [-0.39, 0.29) is 10.6 Å².